The van der Waals surface area contributed by atoms with Gasteiger partial charge < -0.3 is 5.21 Å². The number of nitrogens with zero attached hydrogens (tertiary/aromatic N) is 2. The van der Waals surface area contributed by atoms with Gasteiger partial charge >= 0.3 is 0 Å². The van der Waals surface area contributed by atoms with Crippen molar-refractivity contribution in [1.29, 1.82) is 0 Å². The Balaban J connectivity index is 1.66. The highest BCUT2D eigenvalue weighted by Crippen LogP contribution is 2.34. The second-order valence-corrected chi connectivity index (χ2v) is 6.94. The molecule has 1 heterocycles. The third-order valence-corrected chi connectivity index (χ3v) is 5.26. The summed E-state index contributed by atoms with van der Waals surface area (Å²) in [5.74, 6) is 6.31. The van der Waals surface area contributed by atoms with Crippen LogP contribution in [0.5, 0.6) is 0 Å². The van der Waals surface area contributed by atoms with Gasteiger partial charge in [-0.1, -0.05) is 53.5 Å². The Kier molecular flexibility index (Phi) is 3.34. The number of rotatable bonds is 1. The average molecular weight is 352 g/mol. The fourth-order valence-electron chi connectivity index (χ4n) is 3.41. The third-order valence-electron chi connectivity index (χ3n) is 4.49. The Labute approximate surface area is 153 Å². The van der Waals surface area contributed by atoms with Gasteiger partial charge in [-0.2, -0.15) is 0 Å². The number of hydrogen-bond donors (Lipinski definition) is 1. The largest absolute Gasteiger partial charge is 0.411 e. The molecule has 1 aromatic heterocycles. The van der Waals surface area contributed by atoms with Gasteiger partial charge in [0.05, 0.1) is 11.9 Å². The average Bonchev–Trinajstić information content (AvgIpc) is 3.12. The van der Waals surface area contributed by atoms with Crippen LogP contribution >= 0.6 is 11.3 Å². The Morgan fingerprint density at radius 2 is 1.54 bits per heavy atom. The highest BCUT2D eigenvalue weighted by Gasteiger charge is 2.08. The van der Waals surface area contributed by atoms with Gasteiger partial charge in [-0.15, -0.1) is 11.3 Å². The standard InChI is InChI=1S/C22H12N2OS/c25-23-12-19-13-26-20(24-19)9-4-14-10-17-7-5-15-2-1-3-16-6-8-18(11-14)22(17)21(15)16/h1-3,5-8,10-13,25H/b23-12+. The van der Waals surface area contributed by atoms with Gasteiger partial charge in [0.25, 0.3) is 0 Å². The van der Waals surface area contributed by atoms with Crippen molar-refractivity contribution < 1.29 is 5.21 Å². The van der Waals surface area contributed by atoms with Crippen molar-refractivity contribution >= 4 is 49.9 Å². The molecule has 0 spiro atoms. The maximum Gasteiger partial charge on any atom is 0.167 e. The lowest BCUT2D eigenvalue weighted by atomic mass is 9.93. The van der Waals surface area contributed by atoms with E-state index in [1.54, 1.807) is 0 Å². The second-order valence-electron chi connectivity index (χ2n) is 6.08. The molecule has 4 aromatic carbocycles. The van der Waals surface area contributed by atoms with Gasteiger partial charge in [0.2, 0.25) is 0 Å². The lowest BCUT2D eigenvalue weighted by Gasteiger charge is -2.10. The first-order valence-electron chi connectivity index (χ1n) is 8.14. The van der Waals surface area contributed by atoms with E-state index >= 15 is 0 Å². The number of oxime groups is 1. The van der Waals surface area contributed by atoms with Gasteiger partial charge in [-0.3, -0.25) is 0 Å². The summed E-state index contributed by atoms with van der Waals surface area (Å²) in [6.07, 6.45) is 1.30. The quantitative estimate of drug-likeness (QED) is 0.147. The summed E-state index contributed by atoms with van der Waals surface area (Å²) in [6, 6.07) is 19.3. The Morgan fingerprint density at radius 3 is 2.23 bits per heavy atom. The van der Waals surface area contributed by atoms with Crippen LogP contribution in [0.25, 0.3) is 32.3 Å². The highest BCUT2D eigenvalue weighted by atomic mass is 32.1. The van der Waals surface area contributed by atoms with Crippen LogP contribution < -0.4 is 0 Å². The zero-order chi connectivity index (χ0) is 17.5. The van der Waals surface area contributed by atoms with Crippen LogP contribution in [0.4, 0.5) is 0 Å². The molecule has 26 heavy (non-hydrogen) atoms. The molecule has 0 bridgehead atoms. The van der Waals surface area contributed by atoms with E-state index in [2.05, 4.69) is 76.6 Å². The minimum absolute atomic E-state index is 0.609. The van der Waals surface area contributed by atoms with Crippen molar-refractivity contribution in [2.75, 3.05) is 0 Å². The molecular weight excluding hydrogens is 340 g/mol. The summed E-state index contributed by atoms with van der Waals surface area (Å²) in [6.45, 7) is 0. The second kappa shape index (κ2) is 5.83. The van der Waals surface area contributed by atoms with E-state index in [-0.39, 0.29) is 0 Å². The van der Waals surface area contributed by atoms with Crippen LogP contribution in [0.3, 0.4) is 0 Å². The molecule has 1 N–H and O–H groups in total. The first-order valence-corrected chi connectivity index (χ1v) is 9.02. The zero-order valence-corrected chi connectivity index (χ0v) is 14.4. The smallest absolute Gasteiger partial charge is 0.167 e. The van der Waals surface area contributed by atoms with Crippen LogP contribution in [-0.2, 0) is 0 Å². The normalized spacial score (nSPS) is 11.5. The highest BCUT2D eigenvalue weighted by molar-refractivity contribution is 7.10. The van der Waals surface area contributed by atoms with Crippen LogP contribution in [0.15, 0.2) is 65.1 Å². The molecule has 0 atom stereocenters. The molecule has 5 rings (SSSR count). The van der Waals surface area contributed by atoms with Gasteiger partial charge in [0.15, 0.2) is 5.01 Å². The van der Waals surface area contributed by atoms with E-state index in [1.807, 2.05) is 5.38 Å². The van der Waals surface area contributed by atoms with Crippen molar-refractivity contribution in [3.8, 4) is 11.8 Å². The van der Waals surface area contributed by atoms with Gasteiger partial charge in [0, 0.05) is 10.9 Å². The van der Waals surface area contributed by atoms with Crippen LogP contribution in [0.2, 0.25) is 0 Å². The maximum absolute atomic E-state index is 8.57. The van der Waals surface area contributed by atoms with E-state index in [9.17, 15) is 0 Å². The molecule has 0 amide bonds. The van der Waals surface area contributed by atoms with Gasteiger partial charge in [-0.25, -0.2) is 4.98 Å². The molecule has 0 aliphatic rings. The Morgan fingerprint density at radius 1 is 0.885 bits per heavy atom. The zero-order valence-electron chi connectivity index (χ0n) is 13.6. The first kappa shape index (κ1) is 14.9. The first-order chi connectivity index (χ1) is 12.8. The molecule has 0 aliphatic heterocycles. The number of hydrogen-bond acceptors (Lipinski definition) is 4. The monoisotopic (exact) mass is 352 g/mol. The molecule has 122 valence electrons. The molecule has 0 aliphatic carbocycles. The Hall–Kier alpha value is -3.42. The van der Waals surface area contributed by atoms with E-state index in [1.165, 1.54) is 49.9 Å². The SMILES string of the molecule is O/N=C/c1csc(C#Cc2cc3ccc4cccc5ccc(c2)c3c45)n1. The predicted octanol–water partition coefficient (Wildman–Crippen LogP) is 5.25. The summed E-state index contributed by atoms with van der Waals surface area (Å²) < 4.78 is 0. The Bertz CT molecular complexity index is 1290. The molecule has 0 radical (unpaired) electrons. The summed E-state index contributed by atoms with van der Waals surface area (Å²) in [4.78, 5) is 4.29. The van der Waals surface area contributed by atoms with Crippen molar-refractivity contribution in [2.24, 2.45) is 5.16 Å². The van der Waals surface area contributed by atoms with E-state index in [4.69, 9.17) is 5.21 Å². The predicted molar refractivity (Wildman–Crippen MR) is 108 cm³/mol. The molecule has 0 unspecified atom stereocenters. The molecular formula is C22H12N2OS. The van der Waals surface area contributed by atoms with E-state index in [0.717, 1.165) is 5.56 Å². The van der Waals surface area contributed by atoms with E-state index in [0.29, 0.717) is 10.7 Å². The molecule has 5 aromatic rings. The minimum atomic E-state index is 0.609. The lowest BCUT2D eigenvalue weighted by Crippen LogP contribution is -1.85. The maximum atomic E-state index is 8.57. The third kappa shape index (κ3) is 2.38. The van der Waals surface area contributed by atoms with E-state index < -0.39 is 0 Å². The summed E-state index contributed by atoms with van der Waals surface area (Å²) in [5, 5.41) is 21.6. The molecule has 0 saturated heterocycles. The van der Waals surface area contributed by atoms with Gasteiger partial charge in [0.1, 0.15) is 0 Å². The van der Waals surface area contributed by atoms with Crippen molar-refractivity contribution in [1.82, 2.24) is 4.98 Å². The number of aromatic nitrogens is 1. The molecule has 0 fully saturated rings. The summed E-state index contributed by atoms with van der Waals surface area (Å²) in [5.41, 5.74) is 1.57. The van der Waals surface area contributed by atoms with Crippen molar-refractivity contribution in [3.63, 3.8) is 0 Å². The fraction of sp³-hybridized carbons (Fsp3) is 0. The molecule has 3 nitrogen and oxygen atoms in total. The molecule has 4 heteroatoms. The lowest BCUT2D eigenvalue weighted by molar-refractivity contribution is 0.321. The topological polar surface area (TPSA) is 45.5 Å². The summed E-state index contributed by atoms with van der Waals surface area (Å²) in [7, 11) is 0. The van der Waals surface area contributed by atoms with Crippen molar-refractivity contribution in [3.05, 3.63) is 76.2 Å². The molecule has 0 saturated carbocycles. The van der Waals surface area contributed by atoms with Crippen LogP contribution in [0, 0.1) is 11.8 Å². The number of thiazole rings is 1. The fourth-order valence-corrected chi connectivity index (χ4v) is 4.03. The van der Waals surface area contributed by atoms with Crippen LogP contribution in [-0.4, -0.2) is 16.4 Å². The number of benzene rings is 4. The minimum Gasteiger partial charge on any atom is -0.411 e. The van der Waals surface area contributed by atoms with Gasteiger partial charge in [-0.05, 0) is 50.4 Å². The summed E-state index contributed by atoms with van der Waals surface area (Å²) >= 11 is 1.43. The van der Waals surface area contributed by atoms with Crippen LogP contribution in [0.1, 0.15) is 16.3 Å². The van der Waals surface area contributed by atoms with Crippen molar-refractivity contribution in [2.45, 2.75) is 0 Å².